The lowest BCUT2D eigenvalue weighted by molar-refractivity contribution is 0.0697. The molecule has 0 unspecified atom stereocenters. The highest BCUT2D eigenvalue weighted by Gasteiger charge is 2.17. The molecule has 0 aliphatic heterocycles. The third kappa shape index (κ3) is 3.62. The van der Waals surface area contributed by atoms with E-state index in [4.69, 9.17) is 10.1 Å². The minimum Gasteiger partial charge on any atom is -0.478 e. The Hall–Kier alpha value is -4.69. The van der Waals surface area contributed by atoms with Crippen molar-refractivity contribution in [3.8, 4) is 17.3 Å². The molecule has 0 fully saturated rings. The van der Waals surface area contributed by atoms with E-state index in [1.54, 1.807) is 24.3 Å². The van der Waals surface area contributed by atoms with Crippen molar-refractivity contribution in [3.63, 3.8) is 0 Å². The molecule has 0 aliphatic rings. The van der Waals surface area contributed by atoms with Gasteiger partial charge < -0.3 is 5.11 Å². The number of imidazole rings is 1. The SMILES string of the molecule is Cc1ccc(-c2cc(C=Cc3ccc(C(=O)O)cc3)c(C#N)c3nc4ccccc4n23)cc1C. The van der Waals surface area contributed by atoms with Crippen LogP contribution >= 0.6 is 0 Å². The Kier molecular flexibility index (Phi) is 5.19. The maximum absolute atomic E-state index is 11.1. The van der Waals surface area contributed by atoms with Crippen LogP contribution in [0.4, 0.5) is 0 Å². The summed E-state index contributed by atoms with van der Waals surface area (Å²) in [5, 5.41) is 19.2. The molecular weight excluding hydrogens is 422 g/mol. The minimum absolute atomic E-state index is 0.234. The van der Waals surface area contributed by atoms with Crippen molar-refractivity contribution in [2.45, 2.75) is 13.8 Å². The van der Waals surface area contributed by atoms with Gasteiger partial charge in [-0.15, -0.1) is 0 Å². The zero-order chi connectivity index (χ0) is 23.8. The van der Waals surface area contributed by atoms with Gasteiger partial charge in [-0.3, -0.25) is 4.40 Å². The van der Waals surface area contributed by atoms with Crippen LogP contribution < -0.4 is 0 Å². The Bertz CT molecular complexity index is 1650. The smallest absolute Gasteiger partial charge is 0.335 e. The average Bonchev–Trinajstić information content (AvgIpc) is 3.23. The zero-order valence-electron chi connectivity index (χ0n) is 18.8. The number of aromatic nitrogens is 2. The molecule has 0 aliphatic carbocycles. The van der Waals surface area contributed by atoms with Crippen molar-refractivity contribution >= 4 is 34.8 Å². The van der Waals surface area contributed by atoms with Crippen LogP contribution in [0.1, 0.15) is 38.2 Å². The van der Waals surface area contributed by atoms with Crippen LogP contribution in [0.15, 0.2) is 72.8 Å². The second-order valence-electron chi connectivity index (χ2n) is 8.29. The van der Waals surface area contributed by atoms with Gasteiger partial charge >= 0.3 is 5.97 Å². The number of fused-ring (bicyclic) bond motifs is 3. The standard InChI is InChI=1S/C29H21N3O2/c1-18-7-11-23(15-19(18)2)27-16-22(14-10-20-8-12-21(13-9-20)29(33)34)24(17-30)28-31-25-5-3-4-6-26(25)32(27)28/h3-16H,1-2H3,(H,33,34). The molecule has 5 aromatic rings. The number of rotatable bonds is 4. The normalized spacial score (nSPS) is 11.3. The van der Waals surface area contributed by atoms with Crippen molar-refractivity contribution in [2.75, 3.05) is 0 Å². The second kappa shape index (κ2) is 8.34. The van der Waals surface area contributed by atoms with Gasteiger partial charge in [-0.1, -0.05) is 48.6 Å². The van der Waals surface area contributed by atoms with Crippen LogP contribution in [0.2, 0.25) is 0 Å². The number of aromatic carboxylic acids is 1. The van der Waals surface area contributed by atoms with Crippen molar-refractivity contribution in [3.05, 3.63) is 106 Å². The average molecular weight is 444 g/mol. The third-order valence-corrected chi connectivity index (χ3v) is 6.13. The molecule has 5 nitrogen and oxygen atoms in total. The number of para-hydroxylation sites is 2. The summed E-state index contributed by atoms with van der Waals surface area (Å²) in [5.74, 6) is -0.961. The largest absolute Gasteiger partial charge is 0.478 e. The van der Waals surface area contributed by atoms with Crippen LogP contribution in [-0.4, -0.2) is 20.5 Å². The number of pyridine rings is 1. The number of hydrogen-bond acceptors (Lipinski definition) is 3. The molecule has 5 rings (SSSR count). The Morgan fingerprint density at radius 2 is 1.74 bits per heavy atom. The van der Waals surface area contributed by atoms with Gasteiger partial charge in [0.15, 0.2) is 5.65 Å². The maximum Gasteiger partial charge on any atom is 0.335 e. The summed E-state index contributed by atoms with van der Waals surface area (Å²) in [6.45, 7) is 4.18. The molecule has 0 bridgehead atoms. The zero-order valence-corrected chi connectivity index (χ0v) is 18.8. The minimum atomic E-state index is -0.961. The predicted molar refractivity (Wildman–Crippen MR) is 135 cm³/mol. The number of nitriles is 1. The predicted octanol–water partition coefficient (Wildman–Crippen LogP) is 6.51. The van der Waals surface area contributed by atoms with Gasteiger partial charge in [0.1, 0.15) is 11.6 Å². The summed E-state index contributed by atoms with van der Waals surface area (Å²) in [7, 11) is 0. The van der Waals surface area contributed by atoms with Crippen LogP contribution in [0.3, 0.4) is 0 Å². The number of hydrogen-bond donors (Lipinski definition) is 1. The number of carboxylic acids is 1. The summed E-state index contributed by atoms with van der Waals surface area (Å²) < 4.78 is 2.05. The van der Waals surface area contributed by atoms with E-state index in [-0.39, 0.29) is 5.56 Å². The molecule has 0 spiro atoms. The summed E-state index contributed by atoms with van der Waals surface area (Å²) in [6, 6.07) is 25.2. The van der Waals surface area contributed by atoms with E-state index in [0.29, 0.717) is 11.2 Å². The number of nitrogens with zero attached hydrogens (tertiary/aromatic N) is 3. The van der Waals surface area contributed by atoms with Crippen molar-refractivity contribution in [1.82, 2.24) is 9.38 Å². The Morgan fingerprint density at radius 1 is 0.971 bits per heavy atom. The van der Waals surface area contributed by atoms with Gasteiger partial charge in [-0.2, -0.15) is 5.26 Å². The Morgan fingerprint density at radius 3 is 2.44 bits per heavy atom. The molecule has 34 heavy (non-hydrogen) atoms. The van der Waals surface area contributed by atoms with E-state index in [0.717, 1.165) is 33.4 Å². The molecule has 164 valence electrons. The highest BCUT2D eigenvalue weighted by molar-refractivity contribution is 5.90. The lowest BCUT2D eigenvalue weighted by Gasteiger charge is -2.12. The van der Waals surface area contributed by atoms with E-state index in [1.807, 2.05) is 42.5 Å². The number of carboxylic acid groups (broad SMARTS) is 1. The number of aryl methyl sites for hydroxylation is 2. The highest BCUT2D eigenvalue weighted by atomic mass is 16.4. The monoisotopic (exact) mass is 443 g/mol. The quantitative estimate of drug-likeness (QED) is 0.343. The molecule has 0 atom stereocenters. The first-order valence-electron chi connectivity index (χ1n) is 10.9. The van der Waals surface area contributed by atoms with Gasteiger partial charge in [0, 0.05) is 0 Å². The van der Waals surface area contributed by atoms with Crippen molar-refractivity contribution < 1.29 is 9.90 Å². The van der Waals surface area contributed by atoms with E-state index in [1.165, 1.54) is 11.1 Å². The molecule has 0 radical (unpaired) electrons. The summed E-state index contributed by atoms with van der Waals surface area (Å²) in [4.78, 5) is 15.9. The lowest BCUT2D eigenvalue weighted by Crippen LogP contribution is -1.99. The Labute approximate surface area is 196 Å². The van der Waals surface area contributed by atoms with Crippen LogP contribution in [0.5, 0.6) is 0 Å². The maximum atomic E-state index is 11.1. The molecule has 2 heterocycles. The molecule has 5 heteroatoms. The molecule has 3 aromatic carbocycles. The third-order valence-electron chi connectivity index (χ3n) is 6.13. The fourth-order valence-electron chi connectivity index (χ4n) is 4.13. The van der Waals surface area contributed by atoms with Gasteiger partial charge in [-0.25, -0.2) is 9.78 Å². The first kappa shape index (κ1) is 21.2. The summed E-state index contributed by atoms with van der Waals surface area (Å²) in [5.41, 5.74) is 9.10. The molecule has 1 N–H and O–H groups in total. The van der Waals surface area contributed by atoms with E-state index >= 15 is 0 Å². The van der Waals surface area contributed by atoms with Gasteiger partial charge in [0.25, 0.3) is 0 Å². The van der Waals surface area contributed by atoms with Crippen LogP contribution in [0, 0.1) is 25.2 Å². The van der Waals surface area contributed by atoms with Gasteiger partial charge in [-0.05, 0) is 78.1 Å². The lowest BCUT2D eigenvalue weighted by atomic mass is 10.00. The first-order valence-corrected chi connectivity index (χ1v) is 10.9. The highest BCUT2D eigenvalue weighted by Crippen LogP contribution is 2.32. The van der Waals surface area contributed by atoms with Crippen LogP contribution in [0.25, 0.3) is 40.1 Å². The second-order valence-corrected chi connectivity index (χ2v) is 8.29. The van der Waals surface area contributed by atoms with Crippen molar-refractivity contribution in [2.24, 2.45) is 0 Å². The molecule has 0 amide bonds. The first-order chi connectivity index (χ1) is 16.5. The fourth-order valence-corrected chi connectivity index (χ4v) is 4.13. The van der Waals surface area contributed by atoms with E-state index in [2.05, 4.69) is 42.5 Å². The molecule has 0 saturated heterocycles. The van der Waals surface area contributed by atoms with Crippen molar-refractivity contribution in [1.29, 1.82) is 5.26 Å². The number of carbonyl (C=O) groups is 1. The Balaban J connectivity index is 1.75. The summed E-state index contributed by atoms with van der Waals surface area (Å²) >= 11 is 0. The molecular formula is C29H21N3O2. The van der Waals surface area contributed by atoms with Gasteiger partial charge in [0.05, 0.1) is 22.3 Å². The van der Waals surface area contributed by atoms with Crippen LogP contribution in [-0.2, 0) is 0 Å². The summed E-state index contributed by atoms with van der Waals surface area (Å²) in [6.07, 6.45) is 3.77. The van der Waals surface area contributed by atoms with E-state index in [9.17, 15) is 10.1 Å². The molecule has 0 saturated carbocycles. The van der Waals surface area contributed by atoms with E-state index < -0.39 is 5.97 Å². The molecule has 2 aromatic heterocycles. The fraction of sp³-hybridized carbons (Fsp3) is 0.0690. The topological polar surface area (TPSA) is 78.4 Å². The van der Waals surface area contributed by atoms with Gasteiger partial charge in [0.2, 0.25) is 0 Å². The number of benzene rings is 3.